The molecule has 0 spiro atoms. The Balaban J connectivity index is 2.01. The number of hydrogen-bond donors (Lipinski definition) is 4. The minimum Gasteiger partial charge on any atom is -0.397 e. The van der Waals surface area contributed by atoms with Crippen LogP contribution in [0.4, 0.5) is 17.1 Å². The van der Waals surface area contributed by atoms with Crippen LogP contribution in [0.2, 0.25) is 0 Å². The highest BCUT2D eigenvalue weighted by molar-refractivity contribution is 7.89. The van der Waals surface area contributed by atoms with E-state index in [1.807, 2.05) is 6.07 Å². The highest BCUT2D eigenvalue weighted by Crippen LogP contribution is 2.30. The van der Waals surface area contributed by atoms with E-state index in [-0.39, 0.29) is 11.7 Å². The van der Waals surface area contributed by atoms with Crippen LogP contribution in [0.15, 0.2) is 12.1 Å². The van der Waals surface area contributed by atoms with Crippen LogP contribution >= 0.6 is 0 Å². The summed E-state index contributed by atoms with van der Waals surface area (Å²) in [6, 6.07) is 3.61. The number of aryl methyl sites for hydroxylation is 1. The van der Waals surface area contributed by atoms with Crippen molar-refractivity contribution < 1.29 is 13.2 Å². The molecule has 0 unspecified atom stereocenters. The Bertz CT molecular complexity index is 628. The van der Waals surface area contributed by atoms with Gasteiger partial charge in [0.05, 0.1) is 17.1 Å². The molecule has 6 N–H and O–H groups in total. The average molecular weight is 298 g/mol. The van der Waals surface area contributed by atoms with Gasteiger partial charge in [0.25, 0.3) is 0 Å². The molecule has 1 aliphatic heterocycles. The number of rotatable bonds is 5. The molecule has 0 saturated heterocycles. The van der Waals surface area contributed by atoms with Crippen LogP contribution in [-0.2, 0) is 21.2 Å². The van der Waals surface area contributed by atoms with E-state index < -0.39 is 10.0 Å². The fourth-order valence-corrected chi connectivity index (χ4v) is 2.64. The van der Waals surface area contributed by atoms with Gasteiger partial charge in [-0.1, -0.05) is 0 Å². The zero-order valence-corrected chi connectivity index (χ0v) is 11.8. The molecule has 0 aliphatic carbocycles. The van der Waals surface area contributed by atoms with Gasteiger partial charge in [0.2, 0.25) is 15.9 Å². The Morgan fingerprint density at radius 2 is 2.05 bits per heavy atom. The van der Waals surface area contributed by atoms with E-state index in [0.29, 0.717) is 37.2 Å². The number of amides is 1. The molecule has 8 heteroatoms. The lowest BCUT2D eigenvalue weighted by Gasteiger charge is -2.19. The molecule has 0 atom stereocenters. The zero-order chi connectivity index (χ0) is 14.8. The van der Waals surface area contributed by atoms with Crippen molar-refractivity contribution in [3.8, 4) is 0 Å². The maximum atomic E-state index is 11.3. The molecule has 20 heavy (non-hydrogen) atoms. The predicted molar refractivity (Wildman–Crippen MR) is 78.9 cm³/mol. The molecule has 0 radical (unpaired) electrons. The van der Waals surface area contributed by atoms with Crippen LogP contribution < -0.4 is 21.5 Å². The van der Waals surface area contributed by atoms with Gasteiger partial charge in [-0.15, -0.1) is 0 Å². The van der Waals surface area contributed by atoms with Crippen molar-refractivity contribution >= 4 is 33.0 Å². The molecule has 1 aromatic carbocycles. The minimum atomic E-state index is -3.44. The molecule has 0 aromatic heterocycles. The number of nitrogens with one attached hydrogen (secondary N) is 2. The molecule has 0 fully saturated rings. The highest BCUT2D eigenvalue weighted by atomic mass is 32.2. The number of primary sulfonamides is 1. The first-order chi connectivity index (χ1) is 9.35. The lowest BCUT2D eigenvalue weighted by molar-refractivity contribution is -0.116. The quantitative estimate of drug-likeness (QED) is 0.457. The van der Waals surface area contributed by atoms with Gasteiger partial charge in [-0.25, -0.2) is 13.6 Å². The largest absolute Gasteiger partial charge is 0.397 e. The van der Waals surface area contributed by atoms with Gasteiger partial charge in [0, 0.05) is 18.7 Å². The van der Waals surface area contributed by atoms with Crippen LogP contribution in [0.25, 0.3) is 0 Å². The van der Waals surface area contributed by atoms with Gasteiger partial charge in [-0.3, -0.25) is 4.79 Å². The van der Waals surface area contributed by atoms with Crippen LogP contribution in [0.3, 0.4) is 0 Å². The Morgan fingerprint density at radius 3 is 2.75 bits per heavy atom. The second kappa shape index (κ2) is 5.68. The Labute approximate surface area is 117 Å². The van der Waals surface area contributed by atoms with Crippen molar-refractivity contribution in [2.75, 3.05) is 28.7 Å². The van der Waals surface area contributed by atoms with E-state index in [1.165, 1.54) is 0 Å². The normalized spacial score (nSPS) is 14.6. The first kappa shape index (κ1) is 14.6. The molecule has 1 heterocycles. The van der Waals surface area contributed by atoms with Crippen molar-refractivity contribution in [1.29, 1.82) is 0 Å². The number of nitrogens with two attached hydrogens (primary N) is 2. The fraction of sp³-hybridized carbons (Fsp3) is 0.417. The lowest BCUT2D eigenvalue weighted by Crippen LogP contribution is -2.20. The number of carbonyl (C=O) groups is 1. The molecule has 1 aromatic rings. The summed E-state index contributed by atoms with van der Waals surface area (Å²) in [5, 5.41) is 10.8. The Morgan fingerprint density at radius 1 is 1.30 bits per heavy atom. The van der Waals surface area contributed by atoms with Crippen molar-refractivity contribution in [3.63, 3.8) is 0 Å². The Hall–Kier alpha value is -1.80. The molecule has 7 nitrogen and oxygen atoms in total. The molecule has 1 amide bonds. The molecule has 110 valence electrons. The standard InChI is InChI=1S/C12H18N4O3S/c13-9-6-8-2-3-12(17)16-10(8)7-11(9)15-4-1-5-20(14,18)19/h6-7,15H,1-5,13H2,(H,16,17)(H2,14,18,19). The number of carbonyl (C=O) groups excluding carboxylic acids is 1. The summed E-state index contributed by atoms with van der Waals surface area (Å²) in [6.07, 6.45) is 1.53. The van der Waals surface area contributed by atoms with E-state index in [0.717, 1.165) is 11.3 Å². The molecule has 0 bridgehead atoms. The molecule has 1 aliphatic rings. The first-order valence-electron chi connectivity index (χ1n) is 6.32. The third-order valence-corrected chi connectivity index (χ3v) is 3.95. The first-order valence-corrected chi connectivity index (χ1v) is 8.03. The number of hydrogen-bond acceptors (Lipinski definition) is 5. The monoisotopic (exact) mass is 298 g/mol. The Kier molecular flexibility index (Phi) is 4.15. The lowest BCUT2D eigenvalue weighted by atomic mass is 10.0. The summed E-state index contributed by atoms with van der Waals surface area (Å²) in [5.41, 5.74) is 8.95. The minimum absolute atomic E-state index is 0.0116. The van der Waals surface area contributed by atoms with Crippen LogP contribution in [0.5, 0.6) is 0 Å². The summed E-state index contributed by atoms with van der Waals surface area (Å²) in [5.74, 6) is -0.0934. The molecule has 2 rings (SSSR count). The van der Waals surface area contributed by atoms with Crippen LogP contribution in [-0.4, -0.2) is 26.6 Å². The second-order valence-electron chi connectivity index (χ2n) is 4.79. The smallest absolute Gasteiger partial charge is 0.224 e. The number of anilines is 3. The third kappa shape index (κ3) is 3.84. The van der Waals surface area contributed by atoms with Crippen LogP contribution in [0.1, 0.15) is 18.4 Å². The van der Waals surface area contributed by atoms with Crippen molar-refractivity contribution in [2.45, 2.75) is 19.3 Å². The van der Waals surface area contributed by atoms with Crippen molar-refractivity contribution in [1.82, 2.24) is 0 Å². The van der Waals surface area contributed by atoms with Crippen molar-refractivity contribution in [2.24, 2.45) is 5.14 Å². The summed E-state index contributed by atoms with van der Waals surface area (Å²) in [4.78, 5) is 11.3. The summed E-state index contributed by atoms with van der Waals surface area (Å²) >= 11 is 0. The molecule has 0 saturated carbocycles. The number of fused-ring (bicyclic) bond motifs is 1. The summed E-state index contributed by atoms with van der Waals surface area (Å²) < 4.78 is 21.6. The zero-order valence-electron chi connectivity index (χ0n) is 11.0. The highest BCUT2D eigenvalue weighted by Gasteiger charge is 2.16. The van der Waals surface area contributed by atoms with E-state index in [2.05, 4.69) is 10.6 Å². The van der Waals surface area contributed by atoms with Gasteiger partial charge >= 0.3 is 0 Å². The molecular weight excluding hydrogens is 280 g/mol. The fourth-order valence-electron chi connectivity index (χ4n) is 2.10. The third-order valence-electron chi connectivity index (χ3n) is 3.09. The van der Waals surface area contributed by atoms with Gasteiger partial charge < -0.3 is 16.4 Å². The van der Waals surface area contributed by atoms with Crippen molar-refractivity contribution in [3.05, 3.63) is 17.7 Å². The van der Waals surface area contributed by atoms with E-state index in [9.17, 15) is 13.2 Å². The maximum absolute atomic E-state index is 11.3. The predicted octanol–water partition coefficient (Wildman–Crippen LogP) is 0.244. The number of nitrogen functional groups attached to an aromatic ring is 1. The number of benzene rings is 1. The second-order valence-corrected chi connectivity index (χ2v) is 6.53. The van der Waals surface area contributed by atoms with E-state index >= 15 is 0 Å². The number of sulfonamides is 1. The van der Waals surface area contributed by atoms with Gasteiger partial charge in [-0.05, 0) is 30.5 Å². The summed E-state index contributed by atoms with van der Waals surface area (Å²) in [6.45, 7) is 0.438. The van der Waals surface area contributed by atoms with E-state index in [4.69, 9.17) is 10.9 Å². The topological polar surface area (TPSA) is 127 Å². The van der Waals surface area contributed by atoms with Gasteiger partial charge in [0.1, 0.15) is 0 Å². The van der Waals surface area contributed by atoms with Gasteiger partial charge in [-0.2, -0.15) is 0 Å². The van der Waals surface area contributed by atoms with E-state index in [1.54, 1.807) is 6.07 Å². The molecular formula is C12H18N4O3S. The average Bonchev–Trinajstić information content (AvgIpc) is 2.34. The maximum Gasteiger partial charge on any atom is 0.224 e. The van der Waals surface area contributed by atoms with Gasteiger partial charge in [0.15, 0.2) is 0 Å². The van der Waals surface area contributed by atoms with Crippen LogP contribution in [0, 0.1) is 0 Å². The SMILES string of the molecule is Nc1cc2c(cc1NCCCS(N)(=O)=O)NC(=O)CC2. The summed E-state index contributed by atoms with van der Waals surface area (Å²) in [7, 11) is -3.44.